The van der Waals surface area contributed by atoms with Gasteiger partial charge in [-0.1, -0.05) is 12.5 Å². The summed E-state index contributed by atoms with van der Waals surface area (Å²) in [6.07, 6.45) is 12.6. The summed E-state index contributed by atoms with van der Waals surface area (Å²) in [7, 11) is 0. The molecule has 1 aliphatic carbocycles. The minimum Gasteiger partial charge on any atom is -0.471 e. The van der Waals surface area contributed by atoms with Crippen molar-refractivity contribution in [1.29, 1.82) is 0 Å². The molecular formula is C20H21ClN4O. The molecule has 5 nitrogen and oxygen atoms in total. The average molecular weight is 369 g/mol. The van der Waals surface area contributed by atoms with E-state index in [-0.39, 0.29) is 12.4 Å². The van der Waals surface area contributed by atoms with E-state index in [9.17, 15) is 0 Å². The Hall–Kier alpha value is -2.53. The van der Waals surface area contributed by atoms with Crippen LogP contribution in [0.3, 0.4) is 0 Å². The predicted molar refractivity (Wildman–Crippen MR) is 102 cm³/mol. The van der Waals surface area contributed by atoms with Crippen LogP contribution in [0.4, 0.5) is 0 Å². The third-order valence-electron chi connectivity index (χ3n) is 4.46. The highest BCUT2D eigenvalue weighted by molar-refractivity contribution is 5.85. The minimum absolute atomic E-state index is 0. The number of fused-ring (bicyclic) bond motifs is 1. The molecular weight excluding hydrogens is 348 g/mol. The number of rotatable bonds is 4. The van der Waals surface area contributed by atoms with Crippen molar-refractivity contribution >= 4 is 12.4 Å². The zero-order valence-electron chi connectivity index (χ0n) is 14.5. The van der Waals surface area contributed by atoms with Gasteiger partial charge in [0, 0.05) is 35.9 Å². The van der Waals surface area contributed by atoms with Gasteiger partial charge in [0.2, 0.25) is 5.88 Å². The molecule has 0 amide bonds. The van der Waals surface area contributed by atoms with Gasteiger partial charge in [0.15, 0.2) is 0 Å². The Morgan fingerprint density at radius 2 is 1.88 bits per heavy atom. The Kier molecular flexibility index (Phi) is 6.12. The predicted octanol–water partition coefficient (Wildman–Crippen LogP) is 4.20. The summed E-state index contributed by atoms with van der Waals surface area (Å²) in [5, 5.41) is 0. The van der Waals surface area contributed by atoms with Gasteiger partial charge in [-0.15, -0.1) is 12.4 Å². The van der Waals surface area contributed by atoms with E-state index in [1.54, 1.807) is 18.6 Å². The number of aromatic nitrogens is 4. The molecule has 0 bridgehead atoms. The molecule has 134 valence electrons. The lowest BCUT2D eigenvalue weighted by atomic mass is 10.00. The van der Waals surface area contributed by atoms with E-state index in [1.807, 2.05) is 30.5 Å². The molecule has 1 aliphatic rings. The first-order valence-electron chi connectivity index (χ1n) is 8.72. The Labute approximate surface area is 159 Å². The van der Waals surface area contributed by atoms with Gasteiger partial charge in [0.25, 0.3) is 0 Å². The lowest BCUT2D eigenvalue weighted by Crippen LogP contribution is -2.05. The van der Waals surface area contributed by atoms with Crippen LogP contribution in [0.5, 0.6) is 5.88 Å². The minimum atomic E-state index is 0. The van der Waals surface area contributed by atoms with Crippen LogP contribution in [-0.2, 0) is 19.4 Å². The molecule has 6 heteroatoms. The fourth-order valence-electron chi connectivity index (χ4n) is 3.23. The summed E-state index contributed by atoms with van der Waals surface area (Å²) in [5.74, 6) is 0.631. The molecule has 0 aromatic carbocycles. The van der Waals surface area contributed by atoms with Crippen LogP contribution in [0.15, 0.2) is 49.1 Å². The Balaban J connectivity index is 0.00000196. The Bertz CT molecular complexity index is 843. The molecule has 0 saturated heterocycles. The van der Waals surface area contributed by atoms with E-state index in [4.69, 9.17) is 9.72 Å². The van der Waals surface area contributed by atoms with Crippen molar-refractivity contribution in [2.75, 3.05) is 0 Å². The van der Waals surface area contributed by atoms with Crippen LogP contribution in [0.1, 0.15) is 36.2 Å². The first kappa shape index (κ1) is 18.3. The van der Waals surface area contributed by atoms with Crippen molar-refractivity contribution in [3.8, 4) is 17.1 Å². The summed E-state index contributed by atoms with van der Waals surface area (Å²) < 4.78 is 5.94. The molecule has 0 fully saturated rings. The molecule has 0 atom stereocenters. The van der Waals surface area contributed by atoms with Gasteiger partial charge in [-0.3, -0.25) is 15.0 Å². The van der Waals surface area contributed by atoms with Crippen LogP contribution in [0.2, 0.25) is 0 Å². The van der Waals surface area contributed by atoms with Gasteiger partial charge in [-0.25, -0.2) is 4.98 Å². The summed E-state index contributed by atoms with van der Waals surface area (Å²) in [4.78, 5) is 17.8. The molecule has 0 aliphatic heterocycles. The highest BCUT2D eigenvalue weighted by atomic mass is 35.5. The van der Waals surface area contributed by atoms with Gasteiger partial charge in [0.1, 0.15) is 6.61 Å². The largest absolute Gasteiger partial charge is 0.471 e. The fourth-order valence-corrected chi connectivity index (χ4v) is 3.23. The molecule has 0 N–H and O–H groups in total. The van der Waals surface area contributed by atoms with E-state index in [0.717, 1.165) is 35.5 Å². The van der Waals surface area contributed by atoms with E-state index >= 15 is 0 Å². The molecule has 0 radical (unpaired) electrons. The monoisotopic (exact) mass is 368 g/mol. The standard InChI is InChI=1S/C20H20N4O.ClH/c1-2-7-16-17(19-13-21-10-11-23-19)12-20(24-18(16)8-3-1)25-14-15-6-4-5-9-22-15;/h4-6,9-13H,1-3,7-8,14H2;1H. The van der Waals surface area contributed by atoms with Crippen LogP contribution in [-0.4, -0.2) is 19.9 Å². The van der Waals surface area contributed by atoms with Crippen LogP contribution in [0.25, 0.3) is 11.3 Å². The zero-order chi connectivity index (χ0) is 16.9. The third-order valence-corrected chi connectivity index (χ3v) is 4.46. The molecule has 3 aromatic heterocycles. The second-order valence-corrected chi connectivity index (χ2v) is 6.19. The lowest BCUT2D eigenvalue weighted by molar-refractivity contribution is 0.288. The van der Waals surface area contributed by atoms with Crippen molar-refractivity contribution < 1.29 is 4.74 Å². The number of hydrogen-bond donors (Lipinski definition) is 0. The van der Waals surface area contributed by atoms with Crippen molar-refractivity contribution in [2.24, 2.45) is 0 Å². The first-order chi connectivity index (χ1) is 12.4. The Morgan fingerprint density at radius 3 is 2.69 bits per heavy atom. The quantitative estimate of drug-likeness (QED) is 0.646. The summed E-state index contributed by atoms with van der Waals surface area (Å²) >= 11 is 0. The number of pyridine rings is 2. The lowest BCUT2D eigenvalue weighted by Gasteiger charge is -2.14. The van der Waals surface area contributed by atoms with Gasteiger partial charge in [-0.2, -0.15) is 0 Å². The van der Waals surface area contributed by atoms with E-state index in [2.05, 4.69) is 15.0 Å². The van der Waals surface area contributed by atoms with Crippen LogP contribution < -0.4 is 4.74 Å². The number of halogens is 1. The maximum Gasteiger partial charge on any atom is 0.214 e. The summed E-state index contributed by atoms with van der Waals surface area (Å²) in [5.41, 5.74) is 5.29. The maximum absolute atomic E-state index is 5.94. The van der Waals surface area contributed by atoms with Crippen molar-refractivity contribution in [1.82, 2.24) is 19.9 Å². The number of ether oxygens (including phenoxy) is 1. The second-order valence-electron chi connectivity index (χ2n) is 6.19. The van der Waals surface area contributed by atoms with E-state index in [0.29, 0.717) is 12.5 Å². The summed E-state index contributed by atoms with van der Waals surface area (Å²) in [6, 6.07) is 7.81. The maximum atomic E-state index is 5.94. The van der Waals surface area contributed by atoms with Crippen molar-refractivity contribution in [2.45, 2.75) is 38.7 Å². The van der Waals surface area contributed by atoms with Crippen molar-refractivity contribution in [3.05, 3.63) is 66.0 Å². The van der Waals surface area contributed by atoms with Gasteiger partial charge in [0.05, 0.1) is 17.6 Å². The molecule has 3 aromatic rings. The van der Waals surface area contributed by atoms with Gasteiger partial charge < -0.3 is 4.74 Å². The second kappa shape index (κ2) is 8.72. The highest BCUT2D eigenvalue weighted by Crippen LogP contribution is 2.31. The van der Waals surface area contributed by atoms with E-state index in [1.165, 1.54) is 24.8 Å². The molecule has 0 saturated carbocycles. The van der Waals surface area contributed by atoms with Gasteiger partial charge >= 0.3 is 0 Å². The number of nitrogens with zero attached hydrogens (tertiary/aromatic N) is 4. The smallest absolute Gasteiger partial charge is 0.214 e. The Morgan fingerprint density at radius 1 is 0.962 bits per heavy atom. The SMILES string of the molecule is Cl.c1ccc(COc2cc(-c3cnccn3)c3c(n2)CCCCC3)nc1. The van der Waals surface area contributed by atoms with Gasteiger partial charge in [-0.05, 0) is 43.4 Å². The average Bonchev–Trinajstić information content (AvgIpc) is 2.93. The van der Waals surface area contributed by atoms with Crippen LogP contribution in [0, 0.1) is 0 Å². The van der Waals surface area contributed by atoms with E-state index < -0.39 is 0 Å². The molecule has 4 rings (SSSR count). The first-order valence-corrected chi connectivity index (χ1v) is 8.72. The topological polar surface area (TPSA) is 60.8 Å². The number of aryl methyl sites for hydroxylation is 1. The zero-order valence-corrected chi connectivity index (χ0v) is 15.3. The molecule has 0 spiro atoms. The highest BCUT2D eigenvalue weighted by Gasteiger charge is 2.18. The summed E-state index contributed by atoms with van der Waals surface area (Å²) in [6.45, 7) is 0.409. The molecule has 0 unspecified atom stereocenters. The fraction of sp³-hybridized carbons (Fsp3) is 0.300. The normalized spacial score (nSPS) is 13.2. The third kappa shape index (κ3) is 4.17. The number of hydrogen-bond acceptors (Lipinski definition) is 5. The molecule has 26 heavy (non-hydrogen) atoms. The molecule has 3 heterocycles. The van der Waals surface area contributed by atoms with Crippen molar-refractivity contribution in [3.63, 3.8) is 0 Å². The van der Waals surface area contributed by atoms with Crippen LogP contribution >= 0.6 is 12.4 Å².